The van der Waals surface area contributed by atoms with Crippen LogP contribution in [0.1, 0.15) is 16.9 Å². The van der Waals surface area contributed by atoms with E-state index in [2.05, 4.69) is 38.5 Å². The summed E-state index contributed by atoms with van der Waals surface area (Å²) in [6.07, 6.45) is 2.98. The lowest BCUT2D eigenvalue weighted by atomic mass is 10.3. The summed E-state index contributed by atoms with van der Waals surface area (Å²) in [6, 6.07) is 4.61. The number of aryl methyl sites for hydroxylation is 1. The molecule has 4 heterocycles. The number of anilines is 2. The summed E-state index contributed by atoms with van der Waals surface area (Å²) in [5.74, 6) is 1.73. The number of likely N-dealkylation sites (tertiary alicyclic amines) is 1. The molecule has 1 unspecified atom stereocenters. The Morgan fingerprint density at radius 1 is 1.28 bits per heavy atom. The summed E-state index contributed by atoms with van der Waals surface area (Å²) < 4.78 is 5.42. The van der Waals surface area contributed by atoms with Crippen molar-refractivity contribution in [3.05, 3.63) is 34.2 Å². The van der Waals surface area contributed by atoms with Gasteiger partial charge in [0.2, 0.25) is 5.95 Å². The van der Waals surface area contributed by atoms with Crippen LogP contribution in [-0.2, 0) is 11.3 Å². The molecule has 134 valence electrons. The van der Waals surface area contributed by atoms with Crippen molar-refractivity contribution < 1.29 is 4.74 Å². The van der Waals surface area contributed by atoms with Gasteiger partial charge >= 0.3 is 0 Å². The molecule has 0 saturated carbocycles. The minimum atomic E-state index is 0.417. The molecule has 2 saturated heterocycles. The number of morpholine rings is 1. The lowest BCUT2D eigenvalue weighted by Gasteiger charge is -2.28. The maximum atomic E-state index is 5.42. The number of thiophene rings is 1. The largest absolute Gasteiger partial charge is 0.378 e. The van der Waals surface area contributed by atoms with Gasteiger partial charge in [-0.3, -0.25) is 4.90 Å². The zero-order chi connectivity index (χ0) is 17.1. The smallest absolute Gasteiger partial charge is 0.224 e. The van der Waals surface area contributed by atoms with Gasteiger partial charge in [-0.15, -0.1) is 11.3 Å². The molecule has 2 aromatic rings. The highest BCUT2D eigenvalue weighted by Crippen LogP contribution is 2.22. The first-order valence-electron chi connectivity index (χ1n) is 8.95. The number of ether oxygens (including phenoxy) is 1. The topological polar surface area (TPSA) is 53.5 Å². The predicted octanol–water partition coefficient (Wildman–Crippen LogP) is 2.37. The highest BCUT2D eigenvalue weighted by molar-refractivity contribution is 7.10. The monoisotopic (exact) mass is 359 g/mol. The lowest BCUT2D eigenvalue weighted by molar-refractivity contribution is 0.122. The molecular formula is C18H25N5OS. The molecule has 2 fully saturated rings. The Bertz CT molecular complexity index is 700. The van der Waals surface area contributed by atoms with Crippen LogP contribution in [0, 0.1) is 6.92 Å². The van der Waals surface area contributed by atoms with Crippen molar-refractivity contribution >= 4 is 23.1 Å². The third-order valence-electron chi connectivity index (χ3n) is 4.92. The molecule has 6 nitrogen and oxygen atoms in total. The molecule has 0 amide bonds. The van der Waals surface area contributed by atoms with Crippen molar-refractivity contribution in [3.63, 3.8) is 0 Å². The van der Waals surface area contributed by atoms with E-state index in [9.17, 15) is 0 Å². The summed E-state index contributed by atoms with van der Waals surface area (Å²) in [5.41, 5.74) is 1.41. The summed E-state index contributed by atoms with van der Waals surface area (Å²) in [7, 11) is 0. The van der Waals surface area contributed by atoms with Gasteiger partial charge in [0.05, 0.1) is 13.2 Å². The quantitative estimate of drug-likeness (QED) is 0.885. The molecule has 1 N–H and O–H groups in total. The average molecular weight is 359 g/mol. The zero-order valence-corrected chi connectivity index (χ0v) is 15.5. The van der Waals surface area contributed by atoms with Crippen molar-refractivity contribution in [3.8, 4) is 0 Å². The number of hydrogen-bond donors (Lipinski definition) is 1. The predicted molar refractivity (Wildman–Crippen MR) is 101 cm³/mol. The van der Waals surface area contributed by atoms with Crippen LogP contribution in [-0.4, -0.2) is 60.3 Å². The van der Waals surface area contributed by atoms with E-state index in [-0.39, 0.29) is 0 Å². The number of nitrogens with zero attached hydrogens (tertiary/aromatic N) is 4. The molecule has 0 aromatic carbocycles. The Hall–Kier alpha value is -1.70. The van der Waals surface area contributed by atoms with Gasteiger partial charge in [-0.25, -0.2) is 4.98 Å². The Balaban J connectivity index is 1.34. The minimum Gasteiger partial charge on any atom is -0.378 e. The zero-order valence-electron chi connectivity index (χ0n) is 14.6. The Morgan fingerprint density at radius 3 is 2.96 bits per heavy atom. The second-order valence-corrected chi connectivity index (χ2v) is 7.73. The van der Waals surface area contributed by atoms with Crippen LogP contribution in [0.4, 0.5) is 11.8 Å². The van der Waals surface area contributed by atoms with E-state index in [1.807, 2.05) is 23.6 Å². The highest BCUT2D eigenvalue weighted by atomic mass is 32.1. The van der Waals surface area contributed by atoms with E-state index in [1.165, 1.54) is 10.4 Å². The summed E-state index contributed by atoms with van der Waals surface area (Å²) in [6.45, 7) is 8.75. The maximum Gasteiger partial charge on any atom is 0.224 e. The van der Waals surface area contributed by atoms with Crippen LogP contribution in [0.3, 0.4) is 0 Å². The van der Waals surface area contributed by atoms with E-state index in [0.717, 1.165) is 64.1 Å². The van der Waals surface area contributed by atoms with Gasteiger partial charge in [0.1, 0.15) is 5.82 Å². The van der Waals surface area contributed by atoms with Gasteiger partial charge in [-0.1, -0.05) is 0 Å². The van der Waals surface area contributed by atoms with E-state index in [0.29, 0.717) is 6.04 Å². The van der Waals surface area contributed by atoms with Crippen LogP contribution in [0.15, 0.2) is 23.7 Å². The number of hydrogen-bond acceptors (Lipinski definition) is 7. The van der Waals surface area contributed by atoms with Gasteiger partial charge in [0.25, 0.3) is 0 Å². The van der Waals surface area contributed by atoms with Crippen LogP contribution in [0.2, 0.25) is 0 Å². The average Bonchev–Trinajstić information content (AvgIpc) is 3.26. The molecule has 0 spiro atoms. The molecule has 0 bridgehead atoms. The summed E-state index contributed by atoms with van der Waals surface area (Å²) >= 11 is 1.86. The second-order valence-electron chi connectivity index (χ2n) is 6.73. The number of rotatable bonds is 5. The van der Waals surface area contributed by atoms with Crippen molar-refractivity contribution in [2.24, 2.45) is 0 Å². The van der Waals surface area contributed by atoms with E-state index in [4.69, 9.17) is 9.72 Å². The van der Waals surface area contributed by atoms with Crippen LogP contribution in [0.25, 0.3) is 0 Å². The standard InChI is InChI=1S/C18H25N5OS/c1-14-4-11-25-16(14)13-22-6-3-15(12-22)20-18-19-5-2-17(21-18)23-7-9-24-10-8-23/h2,4-5,11,15H,3,6-10,12-13H2,1H3,(H,19,20,21). The molecule has 0 aliphatic carbocycles. The molecule has 4 rings (SSSR count). The van der Waals surface area contributed by atoms with Crippen molar-refractivity contribution in [2.45, 2.75) is 25.9 Å². The molecule has 7 heteroatoms. The first-order valence-corrected chi connectivity index (χ1v) is 9.83. The Kier molecular flexibility index (Phi) is 5.14. The van der Waals surface area contributed by atoms with Gasteiger partial charge < -0.3 is 15.0 Å². The fraction of sp³-hybridized carbons (Fsp3) is 0.556. The van der Waals surface area contributed by atoms with E-state index in [1.54, 1.807) is 0 Å². The molecule has 2 aliphatic rings. The third-order valence-corrected chi connectivity index (χ3v) is 5.92. The molecule has 2 aromatic heterocycles. The maximum absolute atomic E-state index is 5.42. The van der Waals surface area contributed by atoms with Crippen molar-refractivity contribution in [1.82, 2.24) is 14.9 Å². The molecule has 1 atom stereocenters. The van der Waals surface area contributed by atoms with E-state index >= 15 is 0 Å². The summed E-state index contributed by atoms with van der Waals surface area (Å²) in [5, 5.41) is 5.71. The molecular weight excluding hydrogens is 334 g/mol. The van der Waals surface area contributed by atoms with Gasteiger partial charge in [-0.05, 0) is 36.4 Å². The molecule has 2 aliphatic heterocycles. The number of aromatic nitrogens is 2. The van der Waals surface area contributed by atoms with Gasteiger partial charge in [0.15, 0.2) is 0 Å². The lowest BCUT2D eigenvalue weighted by Crippen LogP contribution is -2.37. The Labute approximate surface area is 152 Å². The fourth-order valence-corrected chi connectivity index (χ4v) is 4.38. The third kappa shape index (κ3) is 4.11. The van der Waals surface area contributed by atoms with Gasteiger partial charge in [0, 0.05) is 49.8 Å². The molecule has 0 radical (unpaired) electrons. The first kappa shape index (κ1) is 16.8. The fourth-order valence-electron chi connectivity index (χ4n) is 3.43. The molecule has 25 heavy (non-hydrogen) atoms. The Morgan fingerprint density at radius 2 is 2.16 bits per heavy atom. The normalized spacial score (nSPS) is 21.6. The van der Waals surface area contributed by atoms with E-state index < -0.39 is 0 Å². The van der Waals surface area contributed by atoms with Crippen molar-refractivity contribution in [1.29, 1.82) is 0 Å². The van der Waals surface area contributed by atoms with Gasteiger partial charge in [-0.2, -0.15) is 4.98 Å². The van der Waals surface area contributed by atoms with Crippen molar-refractivity contribution in [2.75, 3.05) is 49.6 Å². The van der Waals surface area contributed by atoms with Crippen LogP contribution < -0.4 is 10.2 Å². The first-order chi connectivity index (χ1) is 12.3. The second kappa shape index (κ2) is 7.68. The number of nitrogens with one attached hydrogen (secondary N) is 1. The van der Waals surface area contributed by atoms with Crippen LogP contribution in [0.5, 0.6) is 0 Å². The highest BCUT2D eigenvalue weighted by Gasteiger charge is 2.24. The summed E-state index contributed by atoms with van der Waals surface area (Å²) in [4.78, 5) is 15.4. The minimum absolute atomic E-state index is 0.417. The SMILES string of the molecule is Cc1ccsc1CN1CCC(Nc2nccc(N3CCOCC3)n2)C1. The van der Waals surface area contributed by atoms with Crippen LogP contribution >= 0.6 is 11.3 Å².